The average Bonchev–Trinajstić information content (AvgIpc) is 2.17. The molecule has 0 aromatic carbocycles. The first-order valence-corrected chi connectivity index (χ1v) is 4.58. The van der Waals surface area contributed by atoms with Crippen LogP contribution in [-0.2, 0) is 19.0 Å². The van der Waals surface area contributed by atoms with Crippen molar-refractivity contribution in [1.82, 2.24) is 0 Å². The fourth-order valence-corrected chi connectivity index (χ4v) is 0.763. The van der Waals surface area contributed by atoms with Crippen molar-refractivity contribution in [3.63, 3.8) is 0 Å². The first kappa shape index (κ1) is 12.7. The van der Waals surface area contributed by atoms with Gasteiger partial charge in [0.05, 0.1) is 7.11 Å². The van der Waals surface area contributed by atoms with E-state index in [0.717, 1.165) is 6.42 Å². The molecule has 0 aliphatic rings. The summed E-state index contributed by atoms with van der Waals surface area (Å²) in [4.78, 5) is 21.6. The number of rotatable bonds is 5. The number of ether oxygens (including phenoxy) is 3. The quantitative estimate of drug-likeness (QED) is 0.505. The highest BCUT2D eigenvalue weighted by Crippen LogP contribution is 2.06. The molecule has 0 radical (unpaired) electrons. The van der Waals surface area contributed by atoms with Gasteiger partial charge in [0.25, 0.3) is 6.29 Å². The molecule has 5 heteroatoms. The van der Waals surface area contributed by atoms with Gasteiger partial charge in [0.2, 0.25) is 0 Å². The zero-order valence-electron chi connectivity index (χ0n) is 8.74. The minimum absolute atomic E-state index is 0.255. The second-order valence-electron chi connectivity index (χ2n) is 2.63. The van der Waals surface area contributed by atoms with E-state index in [9.17, 15) is 9.59 Å². The molecular weight excluding hydrogens is 188 g/mol. The summed E-state index contributed by atoms with van der Waals surface area (Å²) in [5, 5.41) is 0. The molecular formula is C9H16O5. The fraction of sp³-hybridized carbons (Fsp3) is 0.778. The Labute approximate surface area is 83.3 Å². The van der Waals surface area contributed by atoms with Gasteiger partial charge >= 0.3 is 12.1 Å². The highest BCUT2D eigenvalue weighted by molar-refractivity contribution is 5.69. The van der Waals surface area contributed by atoms with Crippen LogP contribution < -0.4 is 0 Å². The minimum atomic E-state index is -0.840. The lowest BCUT2D eigenvalue weighted by molar-refractivity contribution is -0.171. The number of methoxy groups -OCH3 is 1. The molecule has 1 unspecified atom stereocenters. The van der Waals surface area contributed by atoms with E-state index in [1.54, 1.807) is 6.92 Å². The normalized spacial score (nSPS) is 11.6. The molecule has 0 heterocycles. The van der Waals surface area contributed by atoms with Crippen LogP contribution in [0.1, 0.15) is 33.1 Å². The summed E-state index contributed by atoms with van der Waals surface area (Å²) in [6.45, 7) is 3.57. The molecule has 0 N–H and O–H groups in total. The van der Waals surface area contributed by atoms with Crippen molar-refractivity contribution in [2.75, 3.05) is 7.11 Å². The fourth-order valence-electron chi connectivity index (χ4n) is 0.763. The van der Waals surface area contributed by atoms with Gasteiger partial charge in [0.15, 0.2) is 0 Å². The topological polar surface area (TPSA) is 61.8 Å². The largest absolute Gasteiger partial charge is 0.511 e. The van der Waals surface area contributed by atoms with Crippen LogP contribution in [0.5, 0.6) is 0 Å². The summed E-state index contributed by atoms with van der Waals surface area (Å²) in [7, 11) is 1.20. The highest BCUT2D eigenvalue weighted by atomic mass is 16.8. The van der Waals surface area contributed by atoms with Gasteiger partial charge in [-0.1, -0.05) is 13.8 Å². The Morgan fingerprint density at radius 2 is 1.86 bits per heavy atom. The van der Waals surface area contributed by atoms with E-state index in [0.29, 0.717) is 6.42 Å². The number of hydrogen-bond donors (Lipinski definition) is 0. The molecule has 0 saturated carbocycles. The van der Waals surface area contributed by atoms with Gasteiger partial charge in [0, 0.05) is 12.8 Å². The first-order chi connectivity index (χ1) is 6.63. The predicted octanol–water partition coefficient (Wildman–Crippen LogP) is 1.85. The van der Waals surface area contributed by atoms with Gasteiger partial charge in [-0.3, -0.25) is 4.79 Å². The number of hydrogen-bond acceptors (Lipinski definition) is 5. The summed E-state index contributed by atoms with van der Waals surface area (Å²) in [5.74, 6) is -0.396. The van der Waals surface area contributed by atoms with Crippen molar-refractivity contribution < 1.29 is 23.8 Å². The molecule has 0 aromatic heterocycles. The number of esters is 1. The van der Waals surface area contributed by atoms with Crippen molar-refractivity contribution >= 4 is 12.1 Å². The Morgan fingerprint density at radius 1 is 1.21 bits per heavy atom. The molecule has 5 nitrogen and oxygen atoms in total. The highest BCUT2D eigenvalue weighted by Gasteiger charge is 2.17. The van der Waals surface area contributed by atoms with Crippen molar-refractivity contribution in [2.45, 2.75) is 39.4 Å². The van der Waals surface area contributed by atoms with Crippen molar-refractivity contribution in [1.29, 1.82) is 0 Å². The maximum atomic E-state index is 10.9. The Hall–Kier alpha value is -1.26. The summed E-state index contributed by atoms with van der Waals surface area (Å²) in [6.07, 6.45) is -0.197. The van der Waals surface area contributed by atoms with Gasteiger partial charge in [-0.2, -0.15) is 0 Å². The molecule has 0 saturated heterocycles. The Kier molecular flexibility index (Phi) is 6.53. The van der Waals surface area contributed by atoms with Crippen LogP contribution >= 0.6 is 0 Å². The minimum Gasteiger partial charge on any atom is -0.438 e. The summed E-state index contributed by atoms with van der Waals surface area (Å²) in [5.41, 5.74) is 0. The molecule has 0 aliphatic heterocycles. The maximum Gasteiger partial charge on any atom is 0.511 e. The van der Waals surface area contributed by atoms with Crippen molar-refractivity contribution in [3.05, 3.63) is 0 Å². The van der Waals surface area contributed by atoms with Crippen LogP contribution in [0.3, 0.4) is 0 Å². The summed E-state index contributed by atoms with van der Waals surface area (Å²) in [6, 6.07) is 0. The lowest BCUT2D eigenvalue weighted by atomic mass is 10.3. The van der Waals surface area contributed by atoms with Gasteiger partial charge in [-0.15, -0.1) is 0 Å². The molecule has 0 fully saturated rings. The predicted molar refractivity (Wildman–Crippen MR) is 48.6 cm³/mol. The van der Waals surface area contributed by atoms with Crippen LogP contribution in [-0.4, -0.2) is 25.5 Å². The van der Waals surface area contributed by atoms with E-state index in [1.165, 1.54) is 7.11 Å². The molecule has 82 valence electrons. The van der Waals surface area contributed by atoms with Gasteiger partial charge in [-0.25, -0.2) is 4.79 Å². The number of carbonyl (C=O) groups is 2. The smallest absolute Gasteiger partial charge is 0.438 e. The van der Waals surface area contributed by atoms with Gasteiger partial charge < -0.3 is 14.2 Å². The Morgan fingerprint density at radius 3 is 2.29 bits per heavy atom. The zero-order valence-corrected chi connectivity index (χ0v) is 8.74. The SMILES string of the molecule is CCCC(OC(=O)CC)OC(=O)OC. The molecule has 0 aromatic rings. The monoisotopic (exact) mass is 204 g/mol. The summed E-state index contributed by atoms with van der Waals surface area (Å²) >= 11 is 0. The van der Waals surface area contributed by atoms with Crippen LogP contribution in [0.15, 0.2) is 0 Å². The van der Waals surface area contributed by atoms with E-state index < -0.39 is 18.4 Å². The van der Waals surface area contributed by atoms with Gasteiger partial charge in [0.1, 0.15) is 0 Å². The van der Waals surface area contributed by atoms with Crippen LogP contribution in [0.4, 0.5) is 4.79 Å². The third kappa shape index (κ3) is 5.40. The third-order valence-corrected chi connectivity index (χ3v) is 1.47. The van der Waals surface area contributed by atoms with Crippen LogP contribution in [0.25, 0.3) is 0 Å². The van der Waals surface area contributed by atoms with Crippen molar-refractivity contribution in [3.8, 4) is 0 Å². The zero-order chi connectivity index (χ0) is 11.0. The molecule has 0 spiro atoms. The van der Waals surface area contributed by atoms with E-state index >= 15 is 0 Å². The lowest BCUT2D eigenvalue weighted by Gasteiger charge is -2.16. The van der Waals surface area contributed by atoms with E-state index in [-0.39, 0.29) is 6.42 Å². The van der Waals surface area contributed by atoms with Gasteiger partial charge in [-0.05, 0) is 6.42 Å². The molecule has 0 bridgehead atoms. The molecule has 14 heavy (non-hydrogen) atoms. The van der Waals surface area contributed by atoms with Crippen LogP contribution in [0.2, 0.25) is 0 Å². The van der Waals surface area contributed by atoms with E-state index in [1.807, 2.05) is 6.92 Å². The molecule has 0 rings (SSSR count). The Balaban J connectivity index is 4.00. The third-order valence-electron chi connectivity index (χ3n) is 1.47. The molecule has 0 aliphatic carbocycles. The van der Waals surface area contributed by atoms with E-state index in [4.69, 9.17) is 9.47 Å². The second kappa shape index (κ2) is 7.17. The molecule has 0 amide bonds. The standard InChI is InChI=1S/C9H16O5/c1-4-6-8(13-7(10)5-2)14-9(11)12-3/h8H,4-6H2,1-3H3. The van der Waals surface area contributed by atoms with Crippen molar-refractivity contribution in [2.24, 2.45) is 0 Å². The first-order valence-electron chi connectivity index (χ1n) is 4.58. The Bertz CT molecular complexity index is 172. The number of carbonyl (C=O) groups excluding carboxylic acids is 2. The maximum absolute atomic E-state index is 10.9. The van der Waals surface area contributed by atoms with E-state index in [2.05, 4.69) is 4.74 Å². The summed E-state index contributed by atoms with van der Waals surface area (Å²) < 4.78 is 13.8. The average molecular weight is 204 g/mol. The molecule has 1 atom stereocenters. The lowest BCUT2D eigenvalue weighted by Crippen LogP contribution is -2.24. The van der Waals surface area contributed by atoms with Crippen LogP contribution in [0, 0.1) is 0 Å². The second-order valence-corrected chi connectivity index (χ2v) is 2.63.